The van der Waals surface area contributed by atoms with Crippen LogP contribution in [0, 0.1) is 5.92 Å². The van der Waals surface area contributed by atoms with Gasteiger partial charge in [-0.25, -0.2) is 4.79 Å². The van der Waals surface area contributed by atoms with Crippen molar-refractivity contribution >= 4 is 11.9 Å². The zero-order valence-electron chi connectivity index (χ0n) is 15.5. The zero-order valence-corrected chi connectivity index (χ0v) is 15.5. The molecule has 140 valence electrons. The van der Waals surface area contributed by atoms with Crippen LogP contribution < -0.4 is 5.32 Å². The Morgan fingerprint density at radius 2 is 1.74 bits per heavy atom. The van der Waals surface area contributed by atoms with Crippen molar-refractivity contribution in [3.05, 3.63) is 59.7 Å². The average molecular weight is 364 g/mol. The van der Waals surface area contributed by atoms with Gasteiger partial charge in [0.1, 0.15) is 0 Å². The van der Waals surface area contributed by atoms with Crippen molar-refractivity contribution in [3.63, 3.8) is 0 Å². The number of fused-ring (bicyclic) bond motifs is 3. The quantitative estimate of drug-likeness (QED) is 0.848. The van der Waals surface area contributed by atoms with Crippen LogP contribution in [0.5, 0.6) is 0 Å². The van der Waals surface area contributed by atoms with E-state index >= 15 is 0 Å². The summed E-state index contributed by atoms with van der Waals surface area (Å²) in [5.41, 5.74) is 2.85. The number of piperidine rings is 3. The molecule has 3 aliphatic rings. The van der Waals surface area contributed by atoms with Gasteiger partial charge in [0.15, 0.2) is 0 Å². The van der Waals surface area contributed by atoms with E-state index in [2.05, 4.69) is 10.2 Å². The molecule has 5 heteroatoms. The van der Waals surface area contributed by atoms with Crippen LogP contribution in [0.25, 0.3) is 11.1 Å². The third kappa shape index (κ3) is 3.60. The molecule has 3 aliphatic heterocycles. The summed E-state index contributed by atoms with van der Waals surface area (Å²) in [5, 5.41) is 3.21. The maximum absolute atomic E-state index is 12.7. The zero-order chi connectivity index (χ0) is 18.8. The van der Waals surface area contributed by atoms with Gasteiger partial charge >= 0.3 is 5.97 Å². The second-order valence-electron chi connectivity index (χ2n) is 7.33. The summed E-state index contributed by atoms with van der Waals surface area (Å²) in [5.74, 6) is 0.210. The molecule has 0 radical (unpaired) electrons. The predicted molar refractivity (Wildman–Crippen MR) is 104 cm³/mol. The van der Waals surface area contributed by atoms with Crippen LogP contribution in [0.1, 0.15) is 33.6 Å². The van der Waals surface area contributed by atoms with Crippen LogP contribution in [0.4, 0.5) is 0 Å². The molecule has 1 N–H and O–H groups in total. The molecule has 3 heterocycles. The molecule has 0 aromatic heterocycles. The molecule has 3 saturated heterocycles. The van der Waals surface area contributed by atoms with E-state index < -0.39 is 0 Å². The first kappa shape index (κ1) is 17.7. The van der Waals surface area contributed by atoms with Crippen molar-refractivity contribution in [1.29, 1.82) is 0 Å². The van der Waals surface area contributed by atoms with E-state index in [0.717, 1.165) is 30.8 Å². The minimum absolute atomic E-state index is 0.0263. The minimum atomic E-state index is -0.366. The molecule has 1 unspecified atom stereocenters. The highest BCUT2D eigenvalue weighted by Crippen LogP contribution is 2.28. The summed E-state index contributed by atoms with van der Waals surface area (Å²) >= 11 is 0. The highest BCUT2D eigenvalue weighted by atomic mass is 16.5. The van der Waals surface area contributed by atoms with Gasteiger partial charge in [0, 0.05) is 18.2 Å². The van der Waals surface area contributed by atoms with Gasteiger partial charge in [-0.3, -0.25) is 4.79 Å². The van der Waals surface area contributed by atoms with Gasteiger partial charge < -0.3 is 15.0 Å². The van der Waals surface area contributed by atoms with Gasteiger partial charge in [-0.2, -0.15) is 0 Å². The van der Waals surface area contributed by atoms with E-state index in [1.54, 1.807) is 6.07 Å². The molecule has 1 atom stereocenters. The number of methoxy groups -OCH3 is 1. The highest BCUT2D eigenvalue weighted by molar-refractivity contribution is 5.98. The number of carbonyl (C=O) groups excluding carboxylic acids is 2. The Labute approximate surface area is 159 Å². The van der Waals surface area contributed by atoms with Crippen molar-refractivity contribution in [1.82, 2.24) is 10.2 Å². The first-order valence-corrected chi connectivity index (χ1v) is 9.46. The van der Waals surface area contributed by atoms with Crippen molar-refractivity contribution < 1.29 is 14.3 Å². The molecule has 2 bridgehead atoms. The van der Waals surface area contributed by atoms with Crippen LogP contribution in [-0.2, 0) is 4.74 Å². The van der Waals surface area contributed by atoms with Crippen molar-refractivity contribution in [2.45, 2.75) is 18.9 Å². The molecule has 5 rings (SSSR count). The molecule has 27 heavy (non-hydrogen) atoms. The fourth-order valence-corrected chi connectivity index (χ4v) is 4.20. The standard InChI is InChI=1S/C22H24N2O3/c1-27-22(26)19-5-3-2-4-18(19)15-6-8-17(9-7-15)21(25)23-20-14-24-12-10-16(20)11-13-24/h2-9,16,20H,10-14H2,1H3,(H,23,25). The summed E-state index contributed by atoms with van der Waals surface area (Å²) in [6.07, 6.45) is 2.35. The summed E-state index contributed by atoms with van der Waals surface area (Å²) in [7, 11) is 1.38. The van der Waals surface area contributed by atoms with Gasteiger partial charge in [-0.1, -0.05) is 30.3 Å². The maximum Gasteiger partial charge on any atom is 0.338 e. The molecule has 5 nitrogen and oxygen atoms in total. The Hall–Kier alpha value is -2.66. The van der Waals surface area contributed by atoms with Crippen LogP contribution >= 0.6 is 0 Å². The first-order chi connectivity index (χ1) is 13.2. The highest BCUT2D eigenvalue weighted by Gasteiger charge is 2.34. The third-order valence-corrected chi connectivity index (χ3v) is 5.76. The van der Waals surface area contributed by atoms with Gasteiger partial charge in [-0.05, 0) is 61.2 Å². The maximum atomic E-state index is 12.7. The average Bonchev–Trinajstić information content (AvgIpc) is 2.74. The van der Waals surface area contributed by atoms with Crippen molar-refractivity contribution in [3.8, 4) is 11.1 Å². The van der Waals surface area contributed by atoms with Crippen LogP contribution in [0.3, 0.4) is 0 Å². The normalized spacial score (nSPS) is 23.7. The molecular formula is C22H24N2O3. The van der Waals surface area contributed by atoms with Crippen LogP contribution in [0.2, 0.25) is 0 Å². The number of ether oxygens (including phenoxy) is 1. The lowest BCUT2D eigenvalue weighted by Gasteiger charge is -2.44. The molecule has 1 amide bonds. The van der Waals surface area contributed by atoms with Crippen LogP contribution in [-0.4, -0.2) is 49.6 Å². The second-order valence-corrected chi connectivity index (χ2v) is 7.33. The number of benzene rings is 2. The second kappa shape index (κ2) is 7.53. The summed E-state index contributed by atoms with van der Waals surface area (Å²) < 4.78 is 4.86. The van der Waals surface area contributed by atoms with E-state index in [4.69, 9.17) is 4.74 Å². The third-order valence-electron chi connectivity index (χ3n) is 5.76. The van der Waals surface area contributed by atoms with Gasteiger partial charge in [0.2, 0.25) is 0 Å². The molecule has 2 aromatic carbocycles. The van der Waals surface area contributed by atoms with Crippen molar-refractivity contribution in [2.75, 3.05) is 26.7 Å². The Morgan fingerprint density at radius 1 is 1.04 bits per heavy atom. The van der Waals surface area contributed by atoms with E-state index in [1.807, 2.05) is 42.5 Å². The lowest BCUT2D eigenvalue weighted by Crippen LogP contribution is -2.57. The number of hydrogen-bond acceptors (Lipinski definition) is 4. The number of hydrogen-bond donors (Lipinski definition) is 1. The van der Waals surface area contributed by atoms with Gasteiger partial charge in [-0.15, -0.1) is 0 Å². The van der Waals surface area contributed by atoms with E-state index in [1.165, 1.54) is 20.0 Å². The molecular weight excluding hydrogens is 340 g/mol. The molecule has 0 spiro atoms. The Balaban J connectivity index is 1.49. The number of carbonyl (C=O) groups is 2. The lowest BCUT2D eigenvalue weighted by atomic mass is 9.84. The number of rotatable bonds is 4. The van der Waals surface area contributed by atoms with Crippen molar-refractivity contribution in [2.24, 2.45) is 5.92 Å². The number of esters is 1. The molecule has 0 saturated carbocycles. The summed E-state index contributed by atoms with van der Waals surface area (Å²) in [6.45, 7) is 3.28. The molecule has 2 aromatic rings. The number of amides is 1. The first-order valence-electron chi connectivity index (χ1n) is 9.46. The van der Waals surface area contributed by atoms with Crippen LogP contribution in [0.15, 0.2) is 48.5 Å². The monoisotopic (exact) mass is 364 g/mol. The fourth-order valence-electron chi connectivity index (χ4n) is 4.20. The van der Waals surface area contributed by atoms with E-state index in [0.29, 0.717) is 17.0 Å². The fraction of sp³-hybridized carbons (Fsp3) is 0.364. The minimum Gasteiger partial charge on any atom is -0.465 e. The van der Waals surface area contributed by atoms with E-state index in [9.17, 15) is 9.59 Å². The molecule has 3 fully saturated rings. The number of nitrogens with zero attached hydrogens (tertiary/aromatic N) is 1. The topological polar surface area (TPSA) is 58.6 Å². The Morgan fingerprint density at radius 3 is 2.37 bits per heavy atom. The number of nitrogens with one attached hydrogen (secondary N) is 1. The largest absolute Gasteiger partial charge is 0.465 e. The molecule has 0 aliphatic carbocycles. The SMILES string of the molecule is COC(=O)c1ccccc1-c1ccc(C(=O)NC2CN3CCC2CC3)cc1. The lowest BCUT2D eigenvalue weighted by molar-refractivity contribution is 0.0600. The van der Waals surface area contributed by atoms with Gasteiger partial charge in [0.05, 0.1) is 12.7 Å². The summed E-state index contributed by atoms with van der Waals surface area (Å²) in [6, 6.07) is 15.0. The predicted octanol–water partition coefficient (Wildman–Crippen LogP) is 2.96. The van der Waals surface area contributed by atoms with Gasteiger partial charge in [0.25, 0.3) is 5.91 Å². The summed E-state index contributed by atoms with van der Waals surface area (Å²) in [4.78, 5) is 27.1. The smallest absolute Gasteiger partial charge is 0.338 e. The Bertz CT molecular complexity index is 839. The van der Waals surface area contributed by atoms with E-state index in [-0.39, 0.29) is 17.9 Å². The Kier molecular flexibility index (Phi) is 4.94.